The molecule has 0 radical (unpaired) electrons. The van der Waals surface area contributed by atoms with E-state index in [9.17, 15) is 4.79 Å². The van der Waals surface area contributed by atoms with Crippen molar-refractivity contribution in [2.45, 2.75) is 19.9 Å². The molecule has 1 aromatic heterocycles. The van der Waals surface area contributed by atoms with Gasteiger partial charge in [0.2, 0.25) is 0 Å². The number of nitrogens with two attached hydrogens (primary N) is 1. The van der Waals surface area contributed by atoms with Gasteiger partial charge in [-0.25, -0.2) is 0 Å². The predicted octanol–water partition coefficient (Wildman–Crippen LogP) is 2.42. The minimum atomic E-state index is -0.211. The van der Waals surface area contributed by atoms with Crippen LogP contribution in [-0.4, -0.2) is 15.7 Å². The van der Waals surface area contributed by atoms with Crippen LogP contribution in [0.5, 0.6) is 0 Å². The molecule has 20 heavy (non-hydrogen) atoms. The molecule has 0 bridgehead atoms. The molecule has 1 unspecified atom stereocenters. The van der Waals surface area contributed by atoms with Gasteiger partial charge in [0.15, 0.2) is 5.69 Å². The number of aromatic nitrogens is 2. The van der Waals surface area contributed by atoms with Gasteiger partial charge in [-0.3, -0.25) is 9.48 Å². The third-order valence-electron chi connectivity index (χ3n) is 3.04. The fraction of sp³-hybridized carbons (Fsp3) is 0.286. The molecule has 0 saturated heterocycles. The van der Waals surface area contributed by atoms with E-state index < -0.39 is 0 Å². The van der Waals surface area contributed by atoms with Gasteiger partial charge in [0.05, 0.1) is 0 Å². The number of hydrogen-bond donors (Lipinski definition) is 2. The molecule has 1 aromatic carbocycles. The molecule has 1 amide bonds. The SMILES string of the molecule is Cc1cc(C(=O)Nc2ccc(C(C)N)cc2)nn1C.Cl. The molecule has 2 aromatic rings. The van der Waals surface area contributed by atoms with Gasteiger partial charge in [-0.2, -0.15) is 5.10 Å². The summed E-state index contributed by atoms with van der Waals surface area (Å²) in [6.07, 6.45) is 0. The molecule has 6 heteroatoms. The van der Waals surface area contributed by atoms with Crippen LogP contribution in [0, 0.1) is 6.92 Å². The van der Waals surface area contributed by atoms with Gasteiger partial charge in [-0.15, -0.1) is 12.4 Å². The summed E-state index contributed by atoms with van der Waals surface area (Å²) in [6, 6.07) is 9.24. The van der Waals surface area contributed by atoms with Gasteiger partial charge < -0.3 is 11.1 Å². The lowest BCUT2D eigenvalue weighted by atomic mass is 10.1. The van der Waals surface area contributed by atoms with E-state index in [-0.39, 0.29) is 24.4 Å². The summed E-state index contributed by atoms with van der Waals surface area (Å²) >= 11 is 0. The van der Waals surface area contributed by atoms with Crippen LogP contribution in [0.1, 0.15) is 34.7 Å². The molecule has 5 nitrogen and oxygen atoms in total. The van der Waals surface area contributed by atoms with Crippen LogP contribution in [-0.2, 0) is 7.05 Å². The van der Waals surface area contributed by atoms with Gasteiger partial charge in [0, 0.05) is 24.5 Å². The maximum atomic E-state index is 12.0. The molecule has 2 rings (SSSR count). The van der Waals surface area contributed by atoms with Crippen molar-refractivity contribution in [3.05, 3.63) is 47.3 Å². The van der Waals surface area contributed by atoms with Crippen molar-refractivity contribution in [3.8, 4) is 0 Å². The predicted molar refractivity (Wildman–Crippen MR) is 82.2 cm³/mol. The Hall–Kier alpha value is -1.85. The molecule has 108 valence electrons. The first-order chi connectivity index (χ1) is 8.97. The zero-order valence-corrected chi connectivity index (χ0v) is 12.6. The number of halogens is 1. The molecule has 3 N–H and O–H groups in total. The minimum Gasteiger partial charge on any atom is -0.324 e. The smallest absolute Gasteiger partial charge is 0.276 e. The second kappa shape index (κ2) is 6.54. The average Bonchev–Trinajstić information content (AvgIpc) is 2.70. The molecule has 0 saturated carbocycles. The zero-order chi connectivity index (χ0) is 14.0. The van der Waals surface area contributed by atoms with Crippen molar-refractivity contribution >= 4 is 24.0 Å². The Morgan fingerprint density at radius 3 is 2.40 bits per heavy atom. The van der Waals surface area contributed by atoms with E-state index in [0.717, 1.165) is 16.9 Å². The van der Waals surface area contributed by atoms with Crippen LogP contribution in [0.4, 0.5) is 5.69 Å². The Kier molecular flexibility index (Phi) is 5.30. The highest BCUT2D eigenvalue weighted by molar-refractivity contribution is 6.02. The summed E-state index contributed by atoms with van der Waals surface area (Å²) < 4.78 is 1.67. The van der Waals surface area contributed by atoms with Crippen LogP contribution in [0.3, 0.4) is 0 Å². The Bertz CT molecular complexity index is 570. The number of anilines is 1. The van der Waals surface area contributed by atoms with E-state index in [1.807, 2.05) is 45.2 Å². The maximum absolute atomic E-state index is 12.0. The van der Waals surface area contributed by atoms with Crippen molar-refractivity contribution in [2.75, 3.05) is 5.32 Å². The first kappa shape index (κ1) is 16.2. The summed E-state index contributed by atoms with van der Waals surface area (Å²) in [5, 5.41) is 6.95. The Morgan fingerprint density at radius 2 is 1.95 bits per heavy atom. The fourth-order valence-electron chi connectivity index (χ4n) is 1.74. The third kappa shape index (κ3) is 3.59. The number of nitrogens with zero attached hydrogens (tertiary/aromatic N) is 2. The first-order valence-electron chi connectivity index (χ1n) is 6.15. The highest BCUT2D eigenvalue weighted by Crippen LogP contribution is 2.15. The van der Waals surface area contributed by atoms with Gasteiger partial charge in [0.25, 0.3) is 5.91 Å². The van der Waals surface area contributed by atoms with Gasteiger partial charge >= 0.3 is 0 Å². The number of rotatable bonds is 3. The van der Waals surface area contributed by atoms with Crippen molar-refractivity contribution in [1.82, 2.24) is 9.78 Å². The van der Waals surface area contributed by atoms with Crippen LogP contribution >= 0.6 is 12.4 Å². The van der Waals surface area contributed by atoms with Crippen molar-refractivity contribution in [2.24, 2.45) is 12.8 Å². The molecule has 0 aliphatic carbocycles. The number of carbonyl (C=O) groups excluding carboxylic acids is 1. The summed E-state index contributed by atoms with van der Waals surface area (Å²) in [4.78, 5) is 12.0. The van der Waals surface area contributed by atoms with E-state index in [0.29, 0.717) is 5.69 Å². The van der Waals surface area contributed by atoms with Gasteiger partial charge in [0.1, 0.15) is 0 Å². The molecule has 0 aliphatic heterocycles. The van der Waals surface area contributed by atoms with Crippen LogP contribution in [0.15, 0.2) is 30.3 Å². The van der Waals surface area contributed by atoms with E-state index in [4.69, 9.17) is 5.73 Å². The lowest BCUT2D eigenvalue weighted by Crippen LogP contribution is -2.13. The summed E-state index contributed by atoms with van der Waals surface area (Å²) in [5.74, 6) is -0.211. The van der Waals surface area contributed by atoms with Gasteiger partial charge in [-0.05, 0) is 37.6 Å². The van der Waals surface area contributed by atoms with Crippen molar-refractivity contribution in [1.29, 1.82) is 0 Å². The fourth-order valence-corrected chi connectivity index (χ4v) is 1.74. The second-order valence-corrected chi connectivity index (χ2v) is 4.66. The number of nitrogens with one attached hydrogen (secondary N) is 1. The van der Waals surface area contributed by atoms with Crippen LogP contribution in [0.2, 0.25) is 0 Å². The van der Waals surface area contributed by atoms with Crippen molar-refractivity contribution in [3.63, 3.8) is 0 Å². The Balaban J connectivity index is 0.00000200. The molecule has 0 spiro atoms. The standard InChI is InChI=1S/C14H18N4O.ClH/c1-9-8-13(17-18(9)3)14(19)16-12-6-4-11(5-7-12)10(2)15;/h4-8,10H,15H2,1-3H3,(H,16,19);1H. The molecule has 0 aliphatic rings. The molecular formula is C14H19ClN4O. The largest absolute Gasteiger partial charge is 0.324 e. The van der Waals surface area contributed by atoms with E-state index >= 15 is 0 Å². The lowest BCUT2D eigenvalue weighted by molar-refractivity contribution is 0.102. The molecule has 0 fully saturated rings. The van der Waals surface area contributed by atoms with E-state index in [1.54, 1.807) is 10.7 Å². The maximum Gasteiger partial charge on any atom is 0.276 e. The Labute approximate surface area is 124 Å². The quantitative estimate of drug-likeness (QED) is 0.913. The van der Waals surface area contributed by atoms with E-state index in [1.165, 1.54) is 0 Å². The summed E-state index contributed by atoms with van der Waals surface area (Å²) in [7, 11) is 1.81. The monoisotopic (exact) mass is 294 g/mol. The lowest BCUT2D eigenvalue weighted by Gasteiger charge is -2.07. The summed E-state index contributed by atoms with van der Waals surface area (Å²) in [6.45, 7) is 3.82. The van der Waals surface area contributed by atoms with Crippen molar-refractivity contribution < 1.29 is 4.79 Å². The molecule has 1 heterocycles. The molecule has 1 atom stereocenters. The third-order valence-corrected chi connectivity index (χ3v) is 3.04. The topological polar surface area (TPSA) is 72.9 Å². The normalized spacial score (nSPS) is 11.6. The average molecular weight is 295 g/mol. The first-order valence-corrected chi connectivity index (χ1v) is 6.15. The van der Waals surface area contributed by atoms with E-state index in [2.05, 4.69) is 10.4 Å². The van der Waals surface area contributed by atoms with Crippen LogP contribution in [0.25, 0.3) is 0 Å². The number of carbonyl (C=O) groups is 1. The number of hydrogen-bond acceptors (Lipinski definition) is 3. The summed E-state index contributed by atoms with van der Waals surface area (Å²) in [5.41, 5.74) is 8.90. The van der Waals surface area contributed by atoms with Gasteiger partial charge in [-0.1, -0.05) is 12.1 Å². The number of aryl methyl sites for hydroxylation is 2. The Morgan fingerprint density at radius 1 is 1.35 bits per heavy atom. The minimum absolute atomic E-state index is 0. The van der Waals surface area contributed by atoms with Crippen LogP contribution < -0.4 is 11.1 Å². The highest BCUT2D eigenvalue weighted by Gasteiger charge is 2.11. The second-order valence-electron chi connectivity index (χ2n) is 4.66. The molecular weight excluding hydrogens is 276 g/mol. The number of benzene rings is 1. The highest BCUT2D eigenvalue weighted by atomic mass is 35.5. The zero-order valence-electron chi connectivity index (χ0n) is 11.8. The number of amides is 1.